The fraction of sp³-hybridized carbons (Fsp3) is 0.531. The van der Waals surface area contributed by atoms with Gasteiger partial charge >= 0.3 is 0 Å². The van der Waals surface area contributed by atoms with E-state index in [1.54, 1.807) is 0 Å². The van der Waals surface area contributed by atoms with Gasteiger partial charge in [0.25, 0.3) is 0 Å². The number of hydrogen-bond acceptors (Lipinski definition) is 11. The summed E-state index contributed by atoms with van der Waals surface area (Å²) in [5, 5.41) is 14.9. The molecular formula is C32H39N9O2S. The van der Waals surface area contributed by atoms with Crippen molar-refractivity contribution in [1.82, 2.24) is 24.9 Å². The number of carbonyl (C=O) groups excluding carboxylic acids is 1. The minimum atomic E-state index is -0.593. The van der Waals surface area contributed by atoms with Crippen LogP contribution in [-0.4, -0.2) is 89.2 Å². The molecule has 1 amide bonds. The summed E-state index contributed by atoms with van der Waals surface area (Å²) in [5.41, 5.74) is 8.82. The quantitative estimate of drug-likeness (QED) is 0.410. The van der Waals surface area contributed by atoms with Crippen molar-refractivity contribution in [1.29, 1.82) is 5.26 Å². The largest absolute Gasteiger partial charge is 0.389 e. The highest BCUT2D eigenvalue weighted by atomic mass is 32.1. The summed E-state index contributed by atoms with van der Waals surface area (Å²) in [6, 6.07) is 7.08. The molecule has 3 saturated heterocycles. The summed E-state index contributed by atoms with van der Waals surface area (Å²) in [5.74, 6) is 1.81. The molecule has 230 valence electrons. The van der Waals surface area contributed by atoms with Gasteiger partial charge in [-0.25, -0.2) is 4.98 Å². The fourth-order valence-electron chi connectivity index (χ4n) is 7.49. The Morgan fingerprint density at radius 1 is 1.14 bits per heavy atom. The van der Waals surface area contributed by atoms with E-state index in [1.807, 2.05) is 11.0 Å². The molecule has 7 rings (SSSR count). The third-order valence-corrected chi connectivity index (χ3v) is 11.0. The Hall–Kier alpha value is -3.95. The second-order valence-electron chi connectivity index (χ2n) is 12.6. The van der Waals surface area contributed by atoms with E-state index < -0.39 is 5.41 Å². The number of likely N-dealkylation sites (tertiary alicyclic amines) is 1. The number of amides is 1. The summed E-state index contributed by atoms with van der Waals surface area (Å²) < 4.78 is 5.98. The van der Waals surface area contributed by atoms with Crippen molar-refractivity contribution < 1.29 is 9.32 Å². The molecule has 2 atom stereocenters. The maximum absolute atomic E-state index is 12.2. The first kappa shape index (κ1) is 28.8. The summed E-state index contributed by atoms with van der Waals surface area (Å²) >= 11 is 1.50. The van der Waals surface area contributed by atoms with Gasteiger partial charge in [-0.3, -0.25) is 9.69 Å². The Bertz CT molecular complexity index is 1610. The monoisotopic (exact) mass is 613 g/mol. The van der Waals surface area contributed by atoms with Crippen LogP contribution >= 0.6 is 11.3 Å². The summed E-state index contributed by atoms with van der Waals surface area (Å²) in [6.07, 6.45) is 7.72. The highest BCUT2D eigenvalue weighted by molar-refractivity contribution is 7.16. The van der Waals surface area contributed by atoms with Gasteiger partial charge < -0.3 is 25.0 Å². The molecule has 3 aromatic heterocycles. The molecule has 6 heterocycles. The van der Waals surface area contributed by atoms with Crippen molar-refractivity contribution in [3.8, 4) is 17.6 Å². The van der Waals surface area contributed by atoms with Crippen LogP contribution in [0.5, 0.6) is 0 Å². The first-order valence-corrected chi connectivity index (χ1v) is 16.5. The number of anilines is 3. The number of aryl methyl sites for hydroxylation is 1. The van der Waals surface area contributed by atoms with E-state index in [1.165, 1.54) is 43.3 Å². The molecule has 3 aliphatic heterocycles. The molecule has 0 spiro atoms. The summed E-state index contributed by atoms with van der Waals surface area (Å²) in [7, 11) is 0. The van der Waals surface area contributed by atoms with Crippen LogP contribution in [0.4, 0.5) is 16.5 Å². The van der Waals surface area contributed by atoms with Crippen LogP contribution in [0.15, 0.2) is 29.3 Å². The van der Waals surface area contributed by atoms with E-state index in [2.05, 4.69) is 45.5 Å². The van der Waals surface area contributed by atoms with Crippen LogP contribution in [-0.2, 0) is 16.6 Å². The number of aromatic nitrogens is 3. The van der Waals surface area contributed by atoms with Gasteiger partial charge in [0.2, 0.25) is 17.6 Å². The zero-order valence-corrected chi connectivity index (χ0v) is 26.1. The molecular weight excluding hydrogens is 574 g/mol. The van der Waals surface area contributed by atoms with Gasteiger partial charge in [-0.1, -0.05) is 11.7 Å². The average Bonchev–Trinajstić information content (AvgIpc) is 3.87. The van der Waals surface area contributed by atoms with E-state index in [0.717, 1.165) is 60.7 Å². The number of nitrogens with zero attached hydrogens (tertiary/aromatic N) is 8. The van der Waals surface area contributed by atoms with Crippen molar-refractivity contribution in [2.75, 3.05) is 67.9 Å². The molecule has 3 fully saturated rings. The zero-order valence-electron chi connectivity index (χ0n) is 25.3. The lowest BCUT2D eigenvalue weighted by Gasteiger charge is -2.36. The third-order valence-electron chi connectivity index (χ3n) is 9.95. The minimum Gasteiger partial charge on any atom is -0.389 e. The Balaban J connectivity index is 1.22. The molecule has 4 aliphatic rings. The highest BCUT2D eigenvalue weighted by Crippen LogP contribution is 2.48. The first-order chi connectivity index (χ1) is 21.4. The molecule has 0 radical (unpaired) electrons. The van der Waals surface area contributed by atoms with Crippen LogP contribution < -0.4 is 15.5 Å². The van der Waals surface area contributed by atoms with Crippen molar-refractivity contribution in [3.05, 3.63) is 46.7 Å². The Labute approximate surface area is 261 Å². The number of pyridine rings is 1. The second-order valence-corrected chi connectivity index (χ2v) is 13.7. The second kappa shape index (κ2) is 11.5. The van der Waals surface area contributed by atoms with E-state index in [4.69, 9.17) is 20.2 Å². The standard InChI is InChI=1S/C32H39N9O2S/c1-3-27(42)40-15-13-39(14-16-40)22-17-24(35-26(18-22)41-12-8-21(20-41)38-10-4-5-11-38)30-36-31(43-37-30)32(2)9-6-7-25-28(32)23(19-33)29(34)44-25/h3,17-18,21H,1,4-16,20,34H2,2H3/t21-,32?/m0/s1. The third kappa shape index (κ3) is 5.02. The van der Waals surface area contributed by atoms with E-state index >= 15 is 0 Å². The van der Waals surface area contributed by atoms with Gasteiger partial charge in [0.05, 0.1) is 11.0 Å². The first-order valence-electron chi connectivity index (χ1n) is 15.7. The van der Waals surface area contributed by atoms with E-state index in [0.29, 0.717) is 60.2 Å². The Morgan fingerprint density at radius 3 is 2.68 bits per heavy atom. The van der Waals surface area contributed by atoms with Gasteiger partial charge in [-0.15, -0.1) is 11.3 Å². The molecule has 11 nitrogen and oxygen atoms in total. The number of carbonyl (C=O) groups is 1. The van der Waals surface area contributed by atoms with E-state index in [9.17, 15) is 10.1 Å². The molecule has 3 aromatic rings. The topological polar surface area (TPSA) is 132 Å². The highest BCUT2D eigenvalue weighted by Gasteiger charge is 2.43. The number of thiophene rings is 1. The molecule has 2 N–H and O–H groups in total. The van der Waals surface area contributed by atoms with E-state index in [-0.39, 0.29) is 5.91 Å². The lowest BCUT2D eigenvalue weighted by molar-refractivity contribution is -0.126. The zero-order chi connectivity index (χ0) is 30.4. The van der Waals surface area contributed by atoms with Crippen molar-refractivity contribution >= 4 is 33.8 Å². The number of rotatable bonds is 6. The van der Waals surface area contributed by atoms with Crippen LogP contribution in [0.25, 0.3) is 11.5 Å². The average molecular weight is 614 g/mol. The predicted molar refractivity (Wildman–Crippen MR) is 171 cm³/mol. The number of nitrogens with two attached hydrogens (primary N) is 1. The number of fused-ring (bicyclic) bond motifs is 1. The minimum absolute atomic E-state index is 0.0311. The molecule has 0 bridgehead atoms. The van der Waals surface area contributed by atoms with Gasteiger partial charge in [-0.05, 0) is 70.7 Å². The number of nitrogen functional groups attached to an aromatic ring is 1. The van der Waals surface area contributed by atoms with Gasteiger partial charge in [0.1, 0.15) is 22.6 Å². The van der Waals surface area contributed by atoms with Gasteiger partial charge in [-0.2, -0.15) is 10.2 Å². The van der Waals surface area contributed by atoms with Crippen LogP contribution in [0, 0.1) is 11.3 Å². The van der Waals surface area contributed by atoms with Crippen LogP contribution in [0.1, 0.15) is 60.9 Å². The number of hydrogen-bond donors (Lipinski definition) is 1. The van der Waals surface area contributed by atoms with Gasteiger partial charge in [0.15, 0.2) is 0 Å². The van der Waals surface area contributed by atoms with Gasteiger partial charge in [0, 0.05) is 67.5 Å². The maximum Gasteiger partial charge on any atom is 0.246 e. The fourth-order valence-corrected chi connectivity index (χ4v) is 8.68. The molecule has 0 aromatic carbocycles. The molecule has 12 heteroatoms. The Morgan fingerprint density at radius 2 is 1.93 bits per heavy atom. The number of piperazine rings is 1. The smallest absolute Gasteiger partial charge is 0.246 e. The maximum atomic E-state index is 12.2. The normalized spacial score (nSPS) is 24.0. The van der Waals surface area contributed by atoms with Crippen LogP contribution in [0.3, 0.4) is 0 Å². The SMILES string of the molecule is C=CC(=O)N1CCN(c2cc(-c3noc(C4(C)CCCc5sc(N)c(C#N)c54)n3)nc(N3CC[C@H](N4CCCC4)C3)c2)CC1. The lowest BCUT2D eigenvalue weighted by atomic mass is 9.72. The molecule has 1 aliphatic carbocycles. The molecule has 0 saturated carbocycles. The summed E-state index contributed by atoms with van der Waals surface area (Å²) in [4.78, 5) is 32.5. The molecule has 44 heavy (non-hydrogen) atoms. The Kier molecular flexibility index (Phi) is 7.54. The van der Waals surface area contributed by atoms with Crippen molar-refractivity contribution in [2.45, 2.75) is 56.9 Å². The van der Waals surface area contributed by atoms with Crippen molar-refractivity contribution in [2.24, 2.45) is 0 Å². The van der Waals surface area contributed by atoms with Crippen LogP contribution in [0.2, 0.25) is 0 Å². The summed E-state index contributed by atoms with van der Waals surface area (Å²) in [6.45, 7) is 12.7. The molecule has 1 unspecified atom stereocenters. The number of nitriles is 1. The lowest BCUT2D eigenvalue weighted by Crippen LogP contribution is -2.48. The van der Waals surface area contributed by atoms with Crippen molar-refractivity contribution in [3.63, 3.8) is 0 Å². The predicted octanol–water partition coefficient (Wildman–Crippen LogP) is 3.80.